The molecule has 0 aromatic heterocycles. The van der Waals surface area contributed by atoms with Crippen LogP contribution in [0.3, 0.4) is 0 Å². The SMILES string of the molecule is CCN1C[C@@]2(COC)C3[C@@H](OC)[C@H]4C1[C@@]3(C1C[C@]3(O)C(OC)[C@H](O)[C@@]4(OC(C)=O)C1[C@H]3OC(=O)c1ccccc1)[C@H](OC)C[C@H]2O. The first-order valence-corrected chi connectivity index (χ1v) is 16.3. The van der Waals surface area contributed by atoms with E-state index in [1.807, 2.05) is 6.92 Å². The van der Waals surface area contributed by atoms with Crippen molar-refractivity contribution in [2.45, 2.75) is 80.6 Å². The first kappa shape index (κ1) is 32.4. The highest BCUT2D eigenvalue weighted by molar-refractivity contribution is 5.89. The van der Waals surface area contributed by atoms with Crippen LogP contribution in [-0.4, -0.2) is 134 Å². The number of methoxy groups -OCH3 is 4. The lowest BCUT2D eigenvalue weighted by molar-refractivity contribution is -0.322. The molecule has 46 heavy (non-hydrogen) atoms. The Morgan fingerprint density at radius 2 is 1.72 bits per heavy atom. The zero-order valence-corrected chi connectivity index (χ0v) is 27.3. The number of benzene rings is 1. The number of hydrogen-bond acceptors (Lipinski definition) is 12. The van der Waals surface area contributed by atoms with E-state index in [1.165, 1.54) is 14.0 Å². The minimum absolute atomic E-state index is 0.0791. The molecule has 6 fully saturated rings. The molecule has 3 N–H and O–H groups in total. The molecule has 254 valence electrons. The summed E-state index contributed by atoms with van der Waals surface area (Å²) in [6.07, 6.45) is -5.49. The Hall–Kier alpha value is -2.16. The van der Waals surface area contributed by atoms with Gasteiger partial charge in [-0.3, -0.25) is 9.69 Å². The molecule has 1 heterocycles. The Kier molecular flexibility index (Phi) is 7.69. The summed E-state index contributed by atoms with van der Waals surface area (Å²) in [4.78, 5) is 29.3. The molecule has 7 rings (SSSR count). The number of aliphatic hydroxyl groups excluding tert-OH is 2. The van der Waals surface area contributed by atoms with E-state index in [1.54, 1.807) is 51.7 Å². The van der Waals surface area contributed by atoms with Crippen LogP contribution in [0.25, 0.3) is 0 Å². The molecule has 5 saturated carbocycles. The molecule has 15 atom stereocenters. The monoisotopic (exact) mass is 645 g/mol. The van der Waals surface area contributed by atoms with E-state index in [0.717, 1.165) is 0 Å². The van der Waals surface area contributed by atoms with Crippen molar-refractivity contribution < 1.29 is 53.3 Å². The Morgan fingerprint density at radius 3 is 2.30 bits per heavy atom. The van der Waals surface area contributed by atoms with Crippen LogP contribution in [0.1, 0.15) is 37.0 Å². The molecule has 0 radical (unpaired) electrons. The van der Waals surface area contributed by atoms with Crippen LogP contribution in [0.4, 0.5) is 0 Å². The summed E-state index contributed by atoms with van der Waals surface area (Å²) in [7, 11) is 6.27. The second-order valence-corrected chi connectivity index (χ2v) is 14.4. The van der Waals surface area contributed by atoms with Crippen LogP contribution in [0.15, 0.2) is 30.3 Å². The van der Waals surface area contributed by atoms with E-state index in [0.29, 0.717) is 25.1 Å². The average molecular weight is 646 g/mol. The number of rotatable bonds is 9. The molecular formula is C34H47NO11. The fourth-order valence-corrected chi connectivity index (χ4v) is 12.3. The van der Waals surface area contributed by atoms with Gasteiger partial charge in [-0.25, -0.2) is 4.79 Å². The van der Waals surface area contributed by atoms with Gasteiger partial charge >= 0.3 is 11.9 Å². The van der Waals surface area contributed by atoms with Crippen LogP contribution < -0.4 is 0 Å². The molecule has 1 aromatic rings. The van der Waals surface area contributed by atoms with Gasteiger partial charge in [-0.05, 0) is 31.0 Å². The molecule has 5 aliphatic carbocycles. The zero-order valence-electron chi connectivity index (χ0n) is 27.3. The average Bonchev–Trinajstić information content (AvgIpc) is 3.41. The van der Waals surface area contributed by atoms with E-state index in [2.05, 4.69) is 4.90 Å². The second-order valence-electron chi connectivity index (χ2n) is 14.4. The Bertz CT molecular complexity index is 1360. The molecule has 1 saturated heterocycles. The molecule has 12 heteroatoms. The summed E-state index contributed by atoms with van der Waals surface area (Å²) in [6.45, 7) is 4.68. The highest BCUT2D eigenvalue weighted by Crippen LogP contribution is 2.80. The normalized spacial score (nSPS) is 49.9. The standard InChI is InChI=1S/C34H47NO11/c1-7-35-15-31(16-41-3)20(37)13-21(42-4)33-19-14-32(40)28(45-30(39)18-11-9-8-10-12-18)22(19)34(46-17(2)36,27(38)29(32)44-6)23(26(33)35)24(43-5)25(31)33/h8-12,19-29,37-38,40H,7,13-16H2,1-6H3/t19?,20-,21-,22?,23+,24+,25?,26?,27+,28-,29?,31+,32-,33+,34-/m1/s1. The minimum atomic E-state index is -1.83. The second kappa shape index (κ2) is 10.9. The van der Waals surface area contributed by atoms with Crippen molar-refractivity contribution in [3.63, 3.8) is 0 Å². The van der Waals surface area contributed by atoms with Gasteiger partial charge < -0.3 is 43.7 Å². The number of likely N-dealkylation sites (tertiary alicyclic amines) is 1. The number of fused-ring (bicyclic) bond motifs is 2. The zero-order chi connectivity index (χ0) is 33.0. The van der Waals surface area contributed by atoms with Gasteiger partial charge in [-0.15, -0.1) is 0 Å². The Labute approximate surface area is 269 Å². The van der Waals surface area contributed by atoms with E-state index in [9.17, 15) is 24.9 Å². The smallest absolute Gasteiger partial charge is 0.338 e. The fourth-order valence-electron chi connectivity index (χ4n) is 12.3. The molecular weight excluding hydrogens is 598 g/mol. The molecule has 7 bridgehead atoms. The van der Waals surface area contributed by atoms with Gasteiger partial charge in [-0.2, -0.15) is 0 Å². The minimum Gasteiger partial charge on any atom is -0.455 e. The third kappa shape index (κ3) is 3.62. The summed E-state index contributed by atoms with van der Waals surface area (Å²) >= 11 is 0. The van der Waals surface area contributed by atoms with Gasteiger partial charge in [0.15, 0.2) is 5.60 Å². The van der Waals surface area contributed by atoms with Gasteiger partial charge in [0, 0.05) is 83.0 Å². The predicted molar refractivity (Wildman–Crippen MR) is 160 cm³/mol. The maximum atomic E-state index is 13.8. The highest BCUT2D eigenvalue weighted by Gasteiger charge is 2.92. The Balaban J connectivity index is 1.53. The van der Waals surface area contributed by atoms with Crippen molar-refractivity contribution in [2.75, 3.05) is 48.1 Å². The van der Waals surface area contributed by atoms with E-state index in [-0.39, 0.29) is 25.0 Å². The van der Waals surface area contributed by atoms with E-state index < -0.39 is 88.3 Å². The maximum absolute atomic E-state index is 13.8. The van der Waals surface area contributed by atoms with Crippen LogP contribution in [0, 0.1) is 34.5 Å². The molecule has 12 nitrogen and oxygen atoms in total. The number of aliphatic hydroxyl groups is 3. The lowest BCUT2D eigenvalue weighted by Gasteiger charge is -2.70. The molecule has 0 amide bonds. The van der Waals surface area contributed by atoms with Crippen molar-refractivity contribution in [3.8, 4) is 0 Å². The third-order valence-electron chi connectivity index (χ3n) is 13.2. The molecule has 1 aliphatic heterocycles. The van der Waals surface area contributed by atoms with Crippen molar-refractivity contribution in [3.05, 3.63) is 35.9 Å². The number of esters is 2. The first-order chi connectivity index (χ1) is 22.0. The van der Waals surface area contributed by atoms with Crippen molar-refractivity contribution in [1.29, 1.82) is 0 Å². The van der Waals surface area contributed by atoms with Crippen molar-refractivity contribution >= 4 is 11.9 Å². The quantitative estimate of drug-likeness (QED) is 0.323. The van der Waals surface area contributed by atoms with Gasteiger partial charge in [0.1, 0.15) is 23.9 Å². The molecule has 1 aromatic carbocycles. The first-order valence-electron chi connectivity index (χ1n) is 16.3. The van der Waals surface area contributed by atoms with Crippen LogP contribution >= 0.6 is 0 Å². The van der Waals surface area contributed by atoms with Crippen LogP contribution in [-0.2, 0) is 33.2 Å². The molecule has 5 unspecified atom stereocenters. The van der Waals surface area contributed by atoms with E-state index >= 15 is 0 Å². The highest BCUT2D eigenvalue weighted by atomic mass is 16.6. The lowest BCUT2D eigenvalue weighted by atomic mass is 9.42. The number of nitrogens with zero attached hydrogens (tertiary/aromatic N) is 1. The number of carbonyl (C=O) groups is 2. The van der Waals surface area contributed by atoms with Crippen LogP contribution in [0.2, 0.25) is 0 Å². The molecule has 1 spiro atoms. The summed E-state index contributed by atoms with van der Waals surface area (Å²) < 4.78 is 37.4. The summed E-state index contributed by atoms with van der Waals surface area (Å²) in [5.74, 6) is -3.65. The third-order valence-corrected chi connectivity index (χ3v) is 13.2. The number of hydrogen-bond donors (Lipinski definition) is 3. The lowest BCUT2D eigenvalue weighted by Crippen LogP contribution is -2.81. The van der Waals surface area contributed by atoms with Gasteiger partial charge in [-0.1, -0.05) is 25.1 Å². The van der Waals surface area contributed by atoms with Crippen LogP contribution in [0.5, 0.6) is 0 Å². The van der Waals surface area contributed by atoms with Gasteiger partial charge in [0.05, 0.1) is 30.5 Å². The van der Waals surface area contributed by atoms with Crippen molar-refractivity contribution in [2.24, 2.45) is 34.5 Å². The van der Waals surface area contributed by atoms with E-state index in [4.69, 9.17) is 28.4 Å². The molecule has 6 aliphatic rings. The van der Waals surface area contributed by atoms with Gasteiger partial charge in [0.25, 0.3) is 0 Å². The fraction of sp³-hybridized carbons (Fsp3) is 0.765. The maximum Gasteiger partial charge on any atom is 0.338 e. The predicted octanol–water partition coefficient (Wildman–Crippen LogP) is 0.648. The summed E-state index contributed by atoms with van der Waals surface area (Å²) in [5, 5.41) is 37.3. The Morgan fingerprint density at radius 1 is 1.00 bits per heavy atom. The number of carbonyl (C=O) groups excluding carboxylic acids is 2. The topological polar surface area (TPSA) is 153 Å². The van der Waals surface area contributed by atoms with Crippen molar-refractivity contribution in [1.82, 2.24) is 4.90 Å². The van der Waals surface area contributed by atoms with Gasteiger partial charge in [0.2, 0.25) is 0 Å². The largest absolute Gasteiger partial charge is 0.455 e. The summed E-state index contributed by atoms with van der Waals surface area (Å²) in [6, 6.07) is 8.18. The summed E-state index contributed by atoms with van der Waals surface area (Å²) in [5.41, 5.74) is -4.79. The number of ether oxygens (including phenoxy) is 6. The number of piperidine rings is 1.